The smallest absolute Gasteiger partial charge is 0.0287 e. The highest BCUT2D eigenvalue weighted by molar-refractivity contribution is 5.14. The predicted molar refractivity (Wildman–Crippen MR) is 109 cm³/mol. The van der Waals surface area contributed by atoms with Gasteiger partial charge in [-0.2, -0.15) is 0 Å². The van der Waals surface area contributed by atoms with Crippen LogP contribution in [-0.2, 0) is 0 Å². The molecule has 0 aliphatic carbocycles. The first-order chi connectivity index (χ1) is 9.25. The van der Waals surface area contributed by atoms with Gasteiger partial charge >= 0.3 is 0 Å². The first-order valence-electron chi connectivity index (χ1n) is 7.55. The third-order valence-corrected chi connectivity index (χ3v) is 2.07. The van der Waals surface area contributed by atoms with Crippen LogP contribution in [0.15, 0.2) is 59.8 Å². The molecule has 0 aromatic carbocycles. The van der Waals surface area contributed by atoms with Crippen molar-refractivity contribution in [2.24, 2.45) is 11.8 Å². The molecule has 0 spiro atoms. The van der Waals surface area contributed by atoms with Gasteiger partial charge in [-0.05, 0) is 39.5 Å². The molecule has 0 saturated heterocycles. The average Bonchev–Trinajstić information content (AvgIpc) is 2.27. The summed E-state index contributed by atoms with van der Waals surface area (Å²) in [6.07, 6.45) is 16.9. The summed E-state index contributed by atoms with van der Waals surface area (Å²) in [5, 5.41) is 0. The molecule has 0 aliphatic rings. The molecule has 0 N–H and O–H groups in total. The zero-order valence-electron chi connectivity index (χ0n) is 14.8. The Morgan fingerprint density at radius 3 is 1.27 bits per heavy atom. The fourth-order valence-corrected chi connectivity index (χ4v) is 1.07. The Morgan fingerprint density at radius 2 is 0.909 bits per heavy atom. The summed E-state index contributed by atoms with van der Waals surface area (Å²) in [5.74, 6) is 1.31. The second-order valence-corrected chi connectivity index (χ2v) is 6.13. The Kier molecular flexibility index (Phi) is 25.8. The first-order valence-corrected chi connectivity index (χ1v) is 7.55. The van der Waals surface area contributed by atoms with Crippen molar-refractivity contribution >= 4 is 0 Å². The van der Waals surface area contributed by atoms with Gasteiger partial charge in [-0.1, -0.05) is 102 Å². The van der Waals surface area contributed by atoms with Crippen LogP contribution in [0.3, 0.4) is 0 Å². The number of hydrogen-bond donors (Lipinski definition) is 0. The Bertz CT molecular complexity index is 349. The first kappa shape index (κ1) is 28.8. The summed E-state index contributed by atoms with van der Waals surface area (Å²) < 4.78 is 0. The number of hydrogen-bond acceptors (Lipinski definition) is 0. The van der Waals surface area contributed by atoms with E-state index in [1.165, 1.54) is 11.1 Å². The van der Waals surface area contributed by atoms with Crippen molar-refractivity contribution in [1.29, 1.82) is 0 Å². The minimum Gasteiger partial charge on any atom is -0.0820 e. The summed E-state index contributed by atoms with van der Waals surface area (Å²) in [4.78, 5) is 0. The van der Waals surface area contributed by atoms with Gasteiger partial charge in [-0.25, -0.2) is 0 Å². The van der Waals surface area contributed by atoms with Gasteiger partial charge in [-0.15, -0.1) is 0 Å². The summed E-state index contributed by atoms with van der Waals surface area (Å²) in [7, 11) is 0. The molecular formula is C22H42. The Labute approximate surface area is 142 Å². The van der Waals surface area contributed by atoms with Gasteiger partial charge < -0.3 is 0 Å². The van der Waals surface area contributed by atoms with E-state index >= 15 is 0 Å². The van der Waals surface area contributed by atoms with E-state index in [1.54, 1.807) is 0 Å². The summed E-state index contributed by atoms with van der Waals surface area (Å²) in [5.41, 5.74) is 2.69. The standard InChI is InChI=1S/C11H18.C9H16.2CH4/c1-10(2)8-6-5-7-9-11(3)4;1-8(2)6-5-7-9(3)4;;/h5-10H,1-4H3;5-8H,1-4H3;2*1H4. The maximum absolute atomic E-state index is 2.19. The molecule has 0 aromatic heterocycles. The Hall–Kier alpha value is -1.30. The minimum atomic E-state index is 0. The van der Waals surface area contributed by atoms with E-state index in [1.807, 2.05) is 0 Å². The van der Waals surface area contributed by atoms with Crippen LogP contribution in [0, 0.1) is 11.8 Å². The topological polar surface area (TPSA) is 0 Å². The lowest BCUT2D eigenvalue weighted by Crippen LogP contribution is -1.74. The van der Waals surface area contributed by atoms with Crippen molar-refractivity contribution in [1.82, 2.24) is 0 Å². The Morgan fingerprint density at radius 1 is 0.545 bits per heavy atom. The average molecular weight is 307 g/mol. The SMILES string of the molecule is C.C.CC(C)=CC=CC(C)C.CC(C)=CC=CC=CC(C)C. The van der Waals surface area contributed by atoms with E-state index < -0.39 is 0 Å². The van der Waals surface area contributed by atoms with Crippen LogP contribution in [0.4, 0.5) is 0 Å². The molecule has 0 fully saturated rings. The van der Waals surface area contributed by atoms with Gasteiger partial charge in [0.15, 0.2) is 0 Å². The molecule has 0 atom stereocenters. The normalized spacial score (nSPS) is 10.3. The van der Waals surface area contributed by atoms with Crippen LogP contribution in [0.25, 0.3) is 0 Å². The quantitative estimate of drug-likeness (QED) is 0.449. The zero-order chi connectivity index (χ0) is 16.0. The van der Waals surface area contributed by atoms with Crippen molar-refractivity contribution in [3.8, 4) is 0 Å². The molecular weight excluding hydrogens is 264 g/mol. The largest absolute Gasteiger partial charge is 0.0820 e. The molecule has 130 valence electrons. The van der Waals surface area contributed by atoms with E-state index in [9.17, 15) is 0 Å². The molecule has 0 amide bonds. The lowest BCUT2D eigenvalue weighted by molar-refractivity contribution is 0.831. The van der Waals surface area contributed by atoms with Gasteiger partial charge in [0.25, 0.3) is 0 Å². The highest BCUT2D eigenvalue weighted by atomic mass is 13.9. The summed E-state index contributed by atoms with van der Waals surface area (Å²) >= 11 is 0. The van der Waals surface area contributed by atoms with Gasteiger partial charge in [0.05, 0.1) is 0 Å². The second-order valence-electron chi connectivity index (χ2n) is 6.13. The summed E-state index contributed by atoms with van der Waals surface area (Å²) in [6, 6.07) is 0. The molecule has 0 rings (SSSR count). The Balaban J connectivity index is -0.000000137. The van der Waals surface area contributed by atoms with Gasteiger partial charge in [0.2, 0.25) is 0 Å². The molecule has 0 heteroatoms. The monoisotopic (exact) mass is 306 g/mol. The van der Waals surface area contributed by atoms with Crippen molar-refractivity contribution < 1.29 is 0 Å². The number of rotatable bonds is 5. The van der Waals surface area contributed by atoms with Crippen LogP contribution in [0.5, 0.6) is 0 Å². The van der Waals surface area contributed by atoms with Gasteiger partial charge in [-0.3, -0.25) is 0 Å². The minimum absolute atomic E-state index is 0. The lowest BCUT2D eigenvalue weighted by atomic mass is 10.2. The van der Waals surface area contributed by atoms with Crippen LogP contribution in [0.2, 0.25) is 0 Å². The molecule has 0 nitrogen and oxygen atoms in total. The molecule has 0 aliphatic heterocycles. The molecule has 22 heavy (non-hydrogen) atoms. The van der Waals surface area contributed by atoms with E-state index in [-0.39, 0.29) is 14.9 Å². The maximum Gasteiger partial charge on any atom is -0.0287 e. The van der Waals surface area contributed by atoms with Gasteiger partial charge in [0.1, 0.15) is 0 Å². The molecule has 0 radical (unpaired) electrons. The van der Waals surface area contributed by atoms with Crippen molar-refractivity contribution in [2.45, 2.75) is 70.2 Å². The van der Waals surface area contributed by atoms with E-state index in [0.717, 1.165) is 0 Å². The highest BCUT2D eigenvalue weighted by Crippen LogP contribution is 1.96. The van der Waals surface area contributed by atoms with Crippen LogP contribution >= 0.6 is 0 Å². The molecule has 0 bridgehead atoms. The number of allylic oxidation sites excluding steroid dienone is 10. The fraction of sp³-hybridized carbons (Fsp3) is 0.545. The van der Waals surface area contributed by atoms with E-state index in [2.05, 4.69) is 104 Å². The highest BCUT2D eigenvalue weighted by Gasteiger charge is 1.79. The molecule has 0 heterocycles. The zero-order valence-corrected chi connectivity index (χ0v) is 14.8. The maximum atomic E-state index is 2.19. The fourth-order valence-electron chi connectivity index (χ4n) is 1.07. The van der Waals surface area contributed by atoms with E-state index in [4.69, 9.17) is 0 Å². The van der Waals surface area contributed by atoms with Crippen LogP contribution < -0.4 is 0 Å². The molecule has 0 aromatic rings. The van der Waals surface area contributed by atoms with Crippen LogP contribution in [-0.4, -0.2) is 0 Å². The van der Waals surface area contributed by atoms with Crippen LogP contribution in [0.1, 0.15) is 70.2 Å². The predicted octanol–water partition coefficient (Wildman–Crippen LogP) is 8.16. The van der Waals surface area contributed by atoms with Crippen molar-refractivity contribution in [2.75, 3.05) is 0 Å². The molecule has 0 saturated carbocycles. The molecule has 0 unspecified atom stereocenters. The lowest BCUT2D eigenvalue weighted by Gasteiger charge is -1.89. The van der Waals surface area contributed by atoms with Crippen molar-refractivity contribution in [3.63, 3.8) is 0 Å². The third-order valence-electron chi connectivity index (χ3n) is 2.07. The van der Waals surface area contributed by atoms with Gasteiger partial charge in [0, 0.05) is 0 Å². The summed E-state index contributed by atoms with van der Waals surface area (Å²) in [6.45, 7) is 17.1. The van der Waals surface area contributed by atoms with E-state index in [0.29, 0.717) is 11.8 Å². The van der Waals surface area contributed by atoms with Crippen molar-refractivity contribution in [3.05, 3.63) is 59.8 Å². The third kappa shape index (κ3) is 36.3. The second kappa shape index (κ2) is 19.7.